The first-order chi connectivity index (χ1) is 7.63. The number of hydrogen-bond donors (Lipinski definition) is 1. The highest BCUT2D eigenvalue weighted by Gasteiger charge is 2.01. The zero-order chi connectivity index (χ0) is 12.0. The van der Waals surface area contributed by atoms with Crippen LogP contribution in [0.1, 0.15) is 32.3 Å². The molecule has 1 N–H and O–H groups in total. The van der Waals surface area contributed by atoms with Gasteiger partial charge in [-0.25, -0.2) is 0 Å². The number of hydrogen-bond acceptors (Lipinski definition) is 2. The van der Waals surface area contributed by atoms with Crippen molar-refractivity contribution in [3.05, 3.63) is 28.2 Å². The Morgan fingerprint density at radius 2 is 2.12 bits per heavy atom. The average Bonchev–Trinajstić information content (AvgIpc) is 2.26. The molecule has 3 heteroatoms. The second-order valence-corrected chi connectivity index (χ2v) is 5.15. The van der Waals surface area contributed by atoms with Crippen molar-refractivity contribution in [3.8, 4) is 5.75 Å². The first-order valence-corrected chi connectivity index (χ1v) is 6.45. The maximum absolute atomic E-state index is 9.10. The van der Waals surface area contributed by atoms with Gasteiger partial charge in [0, 0.05) is 4.47 Å². The van der Waals surface area contributed by atoms with Crippen molar-refractivity contribution in [2.45, 2.75) is 33.3 Å². The monoisotopic (exact) mass is 286 g/mol. The van der Waals surface area contributed by atoms with E-state index in [1.807, 2.05) is 18.2 Å². The van der Waals surface area contributed by atoms with Crippen LogP contribution in [0.4, 0.5) is 0 Å². The van der Waals surface area contributed by atoms with Gasteiger partial charge in [0.2, 0.25) is 0 Å². The third-order valence-corrected chi connectivity index (χ3v) is 3.16. The number of aliphatic hydroxyl groups excluding tert-OH is 1. The number of halogens is 1. The maximum Gasteiger partial charge on any atom is 0.119 e. The van der Waals surface area contributed by atoms with Gasteiger partial charge in [-0.05, 0) is 42.5 Å². The van der Waals surface area contributed by atoms with Gasteiger partial charge in [0.1, 0.15) is 5.75 Å². The maximum atomic E-state index is 9.10. The summed E-state index contributed by atoms with van der Waals surface area (Å²) in [6.45, 7) is 5.20. The molecule has 0 radical (unpaired) electrons. The molecule has 0 atom stereocenters. The summed E-state index contributed by atoms with van der Waals surface area (Å²) in [5.74, 6) is 1.55. The summed E-state index contributed by atoms with van der Waals surface area (Å²) in [5, 5.41) is 9.10. The molecule has 0 heterocycles. The molecule has 0 saturated heterocycles. The van der Waals surface area contributed by atoms with Crippen molar-refractivity contribution in [2.24, 2.45) is 5.92 Å². The lowest BCUT2D eigenvalue weighted by Gasteiger charge is -2.09. The predicted molar refractivity (Wildman–Crippen MR) is 69.6 cm³/mol. The summed E-state index contributed by atoms with van der Waals surface area (Å²) < 4.78 is 6.54. The Kier molecular flexibility index (Phi) is 5.85. The predicted octanol–water partition coefficient (Wildman–Crippen LogP) is 3.76. The van der Waals surface area contributed by atoms with Crippen LogP contribution in [0.2, 0.25) is 0 Å². The first kappa shape index (κ1) is 13.5. The number of benzene rings is 1. The van der Waals surface area contributed by atoms with E-state index in [-0.39, 0.29) is 6.61 Å². The topological polar surface area (TPSA) is 29.5 Å². The summed E-state index contributed by atoms with van der Waals surface area (Å²) >= 11 is 3.38. The van der Waals surface area contributed by atoms with Gasteiger partial charge in [0.15, 0.2) is 0 Å². The van der Waals surface area contributed by atoms with Gasteiger partial charge in [-0.3, -0.25) is 0 Å². The molecular weight excluding hydrogens is 268 g/mol. The molecule has 2 nitrogen and oxygen atoms in total. The van der Waals surface area contributed by atoms with Crippen molar-refractivity contribution in [3.63, 3.8) is 0 Å². The summed E-state index contributed by atoms with van der Waals surface area (Å²) in [6.07, 6.45) is 2.26. The average molecular weight is 287 g/mol. The van der Waals surface area contributed by atoms with Gasteiger partial charge in [0.25, 0.3) is 0 Å². The Morgan fingerprint density at radius 3 is 2.75 bits per heavy atom. The van der Waals surface area contributed by atoms with E-state index in [9.17, 15) is 0 Å². The van der Waals surface area contributed by atoms with Crippen LogP contribution in [-0.4, -0.2) is 11.7 Å². The van der Waals surface area contributed by atoms with Crippen LogP contribution >= 0.6 is 15.9 Å². The van der Waals surface area contributed by atoms with Gasteiger partial charge in [-0.2, -0.15) is 0 Å². The number of aliphatic hydroxyl groups is 1. The molecule has 0 spiro atoms. The van der Waals surface area contributed by atoms with Crippen LogP contribution in [0.3, 0.4) is 0 Å². The van der Waals surface area contributed by atoms with Crippen molar-refractivity contribution in [1.29, 1.82) is 0 Å². The van der Waals surface area contributed by atoms with E-state index >= 15 is 0 Å². The fraction of sp³-hybridized carbons (Fsp3) is 0.538. The highest BCUT2D eigenvalue weighted by molar-refractivity contribution is 9.10. The van der Waals surface area contributed by atoms with Crippen LogP contribution < -0.4 is 4.74 Å². The van der Waals surface area contributed by atoms with Crippen LogP contribution in [0.5, 0.6) is 5.75 Å². The Bertz CT molecular complexity index is 324. The molecule has 0 aromatic heterocycles. The van der Waals surface area contributed by atoms with E-state index in [1.54, 1.807) is 0 Å². The standard InChI is InChI=1S/C13H19BrO2/c1-10(2)4-3-7-16-12-5-6-13(14)11(8-12)9-15/h5-6,8,10,15H,3-4,7,9H2,1-2H3. The second kappa shape index (κ2) is 6.92. The van der Waals surface area contributed by atoms with E-state index in [1.165, 1.54) is 6.42 Å². The molecule has 0 aliphatic heterocycles. The minimum Gasteiger partial charge on any atom is -0.494 e. The smallest absolute Gasteiger partial charge is 0.119 e. The van der Waals surface area contributed by atoms with Crippen LogP contribution in [-0.2, 0) is 6.61 Å². The van der Waals surface area contributed by atoms with E-state index in [0.29, 0.717) is 0 Å². The Balaban J connectivity index is 2.42. The molecule has 0 fully saturated rings. The molecule has 1 aromatic rings. The second-order valence-electron chi connectivity index (χ2n) is 4.30. The fourth-order valence-corrected chi connectivity index (χ4v) is 1.82. The van der Waals surface area contributed by atoms with Gasteiger partial charge >= 0.3 is 0 Å². The summed E-state index contributed by atoms with van der Waals surface area (Å²) in [7, 11) is 0. The van der Waals surface area contributed by atoms with Gasteiger partial charge < -0.3 is 9.84 Å². The molecule has 0 aliphatic carbocycles. The quantitative estimate of drug-likeness (QED) is 0.807. The summed E-state index contributed by atoms with van der Waals surface area (Å²) in [4.78, 5) is 0. The lowest BCUT2D eigenvalue weighted by molar-refractivity contribution is 0.276. The zero-order valence-electron chi connectivity index (χ0n) is 9.87. The van der Waals surface area contributed by atoms with Crippen LogP contribution in [0.25, 0.3) is 0 Å². The first-order valence-electron chi connectivity index (χ1n) is 5.65. The number of rotatable bonds is 6. The number of ether oxygens (including phenoxy) is 1. The van der Waals surface area contributed by atoms with Gasteiger partial charge in [-0.1, -0.05) is 29.8 Å². The molecule has 90 valence electrons. The minimum absolute atomic E-state index is 0.0315. The third-order valence-electron chi connectivity index (χ3n) is 2.38. The Labute approximate surface area is 106 Å². The molecule has 0 unspecified atom stereocenters. The molecule has 0 saturated carbocycles. The minimum atomic E-state index is 0.0315. The Hall–Kier alpha value is -0.540. The molecule has 0 amide bonds. The van der Waals surface area contributed by atoms with Gasteiger partial charge in [-0.15, -0.1) is 0 Å². The van der Waals surface area contributed by atoms with Crippen LogP contribution in [0.15, 0.2) is 22.7 Å². The summed E-state index contributed by atoms with van der Waals surface area (Å²) in [5.41, 5.74) is 0.862. The molecule has 0 aliphatic rings. The molecule has 1 rings (SSSR count). The van der Waals surface area contributed by atoms with E-state index in [0.717, 1.165) is 34.7 Å². The third kappa shape index (κ3) is 4.54. The van der Waals surface area contributed by atoms with Crippen molar-refractivity contribution in [2.75, 3.05) is 6.61 Å². The molecular formula is C13H19BrO2. The highest BCUT2D eigenvalue weighted by atomic mass is 79.9. The van der Waals surface area contributed by atoms with E-state index in [2.05, 4.69) is 29.8 Å². The zero-order valence-corrected chi connectivity index (χ0v) is 11.5. The van der Waals surface area contributed by atoms with Crippen LogP contribution in [0, 0.1) is 5.92 Å². The molecule has 0 bridgehead atoms. The van der Waals surface area contributed by atoms with Gasteiger partial charge in [0.05, 0.1) is 13.2 Å². The Morgan fingerprint density at radius 1 is 1.38 bits per heavy atom. The fourth-order valence-electron chi connectivity index (χ4n) is 1.44. The van der Waals surface area contributed by atoms with E-state index < -0.39 is 0 Å². The lowest BCUT2D eigenvalue weighted by Crippen LogP contribution is -2.00. The lowest BCUT2D eigenvalue weighted by atomic mass is 10.1. The SMILES string of the molecule is CC(C)CCCOc1ccc(Br)c(CO)c1. The molecule has 16 heavy (non-hydrogen) atoms. The molecule has 1 aromatic carbocycles. The highest BCUT2D eigenvalue weighted by Crippen LogP contribution is 2.22. The summed E-state index contributed by atoms with van der Waals surface area (Å²) in [6, 6.07) is 5.70. The largest absolute Gasteiger partial charge is 0.494 e. The van der Waals surface area contributed by atoms with Crippen molar-refractivity contribution in [1.82, 2.24) is 0 Å². The van der Waals surface area contributed by atoms with Crippen molar-refractivity contribution >= 4 is 15.9 Å². The normalized spacial score (nSPS) is 10.8. The van der Waals surface area contributed by atoms with E-state index in [4.69, 9.17) is 9.84 Å². The van der Waals surface area contributed by atoms with Crippen molar-refractivity contribution < 1.29 is 9.84 Å².